The van der Waals surface area contributed by atoms with E-state index in [1.54, 1.807) is 6.07 Å². The lowest BCUT2D eigenvalue weighted by Gasteiger charge is -2.14. The lowest BCUT2D eigenvalue weighted by Crippen LogP contribution is -2.08. The molecule has 2 aromatic carbocycles. The molecule has 0 fully saturated rings. The third-order valence-corrected chi connectivity index (χ3v) is 2.64. The molecule has 0 saturated carbocycles. The van der Waals surface area contributed by atoms with Gasteiger partial charge in [0.1, 0.15) is 11.6 Å². The van der Waals surface area contributed by atoms with Crippen LogP contribution >= 0.6 is 0 Å². The topological polar surface area (TPSA) is 23.8 Å². The molecule has 0 aliphatic rings. The van der Waals surface area contributed by atoms with E-state index in [4.69, 9.17) is 5.26 Å². The molecule has 102 valence electrons. The predicted octanol–water partition coefficient (Wildman–Crippen LogP) is 4.52. The van der Waals surface area contributed by atoms with Gasteiger partial charge in [0.2, 0.25) is 0 Å². The van der Waals surface area contributed by atoms with E-state index in [1.165, 1.54) is 0 Å². The highest BCUT2D eigenvalue weighted by atomic mass is 19.4. The van der Waals surface area contributed by atoms with Crippen molar-refractivity contribution >= 4 is 0 Å². The van der Waals surface area contributed by atoms with Gasteiger partial charge in [-0.3, -0.25) is 0 Å². The minimum absolute atomic E-state index is 0.301. The summed E-state index contributed by atoms with van der Waals surface area (Å²) >= 11 is 0. The largest absolute Gasteiger partial charge is 0.417 e. The molecule has 0 radical (unpaired) electrons. The Morgan fingerprint density at radius 2 is 1.55 bits per heavy atom. The van der Waals surface area contributed by atoms with E-state index >= 15 is 0 Å². The standard InChI is InChI=1S/C14H6F5N/c15-10-4-9(5-11(16)6-10)13-8(7-20)2-1-3-12(13)14(17,18)19/h1-6H. The first kappa shape index (κ1) is 14.0. The second-order valence-corrected chi connectivity index (χ2v) is 4.00. The van der Waals surface area contributed by atoms with Gasteiger partial charge in [0, 0.05) is 11.6 Å². The Morgan fingerprint density at radius 3 is 2.05 bits per heavy atom. The van der Waals surface area contributed by atoms with Crippen LogP contribution in [0.25, 0.3) is 11.1 Å². The molecule has 0 N–H and O–H groups in total. The molecule has 20 heavy (non-hydrogen) atoms. The summed E-state index contributed by atoms with van der Waals surface area (Å²) in [7, 11) is 0. The highest BCUT2D eigenvalue weighted by Gasteiger charge is 2.34. The van der Waals surface area contributed by atoms with E-state index in [-0.39, 0.29) is 11.1 Å². The third kappa shape index (κ3) is 2.62. The van der Waals surface area contributed by atoms with E-state index < -0.39 is 28.9 Å². The van der Waals surface area contributed by atoms with Crippen LogP contribution in [0.2, 0.25) is 0 Å². The smallest absolute Gasteiger partial charge is 0.207 e. The molecule has 0 aromatic heterocycles. The van der Waals surface area contributed by atoms with Crippen molar-refractivity contribution in [2.24, 2.45) is 0 Å². The minimum atomic E-state index is -4.73. The molecule has 0 spiro atoms. The molecule has 0 atom stereocenters. The van der Waals surface area contributed by atoms with E-state index in [2.05, 4.69) is 0 Å². The van der Waals surface area contributed by atoms with Crippen molar-refractivity contribution in [2.45, 2.75) is 6.18 Å². The Balaban J connectivity index is 2.81. The van der Waals surface area contributed by atoms with Crippen molar-refractivity contribution in [3.8, 4) is 17.2 Å². The van der Waals surface area contributed by atoms with Crippen molar-refractivity contribution in [2.75, 3.05) is 0 Å². The first-order valence-electron chi connectivity index (χ1n) is 5.39. The molecule has 1 nitrogen and oxygen atoms in total. The molecule has 0 aliphatic heterocycles. The fraction of sp³-hybridized carbons (Fsp3) is 0.0714. The Morgan fingerprint density at radius 1 is 0.950 bits per heavy atom. The number of halogens is 5. The molecule has 0 amide bonds. The van der Waals surface area contributed by atoms with Crippen LogP contribution in [0.15, 0.2) is 36.4 Å². The first-order chi connectivity index (χ1) is 9.32. The van der Waals surface area contributed by atoms with Crippen LogP contribution in [0.4, 0.5) is 22.0 Å². The van der Waals surface area contributed by atoms with Gasteiger partial charge in [0.15, 0.2) is 0 Å². The fourth-order valence-corrected chi connectivity index (χ4v) is 1.89. The molecule has 6 heteroatoms. The molecule has 0 bridgehead atoms. The third-order valence-electron chi connectivity index (χ3n) is 2.64. The summed E-state index contributed by atoms with van der Waals surface area (Å²) in [5.41, 5.74) is -2.26. The molecular weight excluding hydrogens is 277 g/mol. The Kier molecular flexibility index (Phi) is 3.45. The number of alkyl halides is 3. The van der Waals surface area contributed by atoms with E-state index in [1.807, 2.05) is 0 Å². The second kappa shape index (κ2) is 4.93. The summed E-state index contributed by atoms with van der Waals surface area (Å²) in [6.45, 7) is 0. The zero-order valence-corrected chi connectivity index (χ0v) is 9.80. The Hall–Kier alpha value is -2.42. The maximum absolute atomic E-state index is 13.2. The number of hydrogen-bond acceptors (Lipinski definition) is 1. The highest BCUT2D eigenvalue weighted by molar-refractivity contribution is 5.74. The van der Waals surface area contributed by atoms with E-state index in [0.29, 0.717) is 6.07 Å². The summed E-state index contributed by atoms with van der Waals surface area (Å²) in [5.74, 6) is -2.03. The van der Waals surface area contributed by atoms with Gasteiger partial charge in [0.25, 0.3) is 0 Å². The van der Waals surface area contributed by atoms with Gasteiger partial charge in [-0.05, 0) is 29.8 Å². The summed E-state index contributed by atoms with van der Waals surface area (Å²) in [4.78, 5) is 0. The quantitative estimate of drug-likeness (QED) is 0.706. The number of benzene rings is 2. The van der Waals surface area contributed by atoms with Gasteiger partial charge in [0.05, 0.1) is 17.2 Å². The number of hydrogen-bond donors (Lipinski definition) is 0. The number of nitriles is 1. The Bertz CT molecular complexity index is 677. The van der Waals surface area contributed by atoms with Gasteiger partial charge in [-0.15, -0.1) is 0 Å². The predicted molar refractivity (Wildman–Crippen MR) is 61.5 cm³/mol. The average Bonchev–Trinajstić information content (AvgIpc) is 2.35. The van der Waals surface area contributed by atoms with Crippen LogP contribution in [0.5, 0.6) is 0 Å². The summed E-state index contributed by atoms with van der Waals surface area (Å²) in [6, 6.07) is 6.66. The van der Waals surface area contributed by atoms with E-state index in [9.17, 15) is 22.0 Å². The van der Waals surface area contributed by atoms with Crippen LogP contribution in [-0.2, 0) is 6.18 Å². The van der Waals surface area contributed by atoms with Crippen LogP contribution in [0, 0.1) is 23.0 Å². The van der Waals surface area contributed by atoms with Gasteiger partial charge in [-0.2, -0.15) is 18.4 Å². The Labute approximate surface area is 110 Å². The van der Waals surface area contributed by atoms with Gasteiger partial charge >= 0.3 is 6.18 Å². The van der Waals surface area contributed by atoms with Crippen molar-refractivity contribution in [1.29, 1.82) is 5.26 Å². The molecular formula is C14H6F5N. The summed E-state index contributed by atoms with van der Waals surface area (Å²) in [6.07, 6.45) is -4.73. The fourth-order valence-electron chi connectivity index (χ4n) is 1.89. The molecule has 0 aliphatic carbocycles. The van der Waals surface area contributed by atoms with Gasteiger partial charge < -0.3 is 0 Å². The van der Waals surface area contributed by atoms with Crippen molar-refractivity contribution < 1.29 is 22.0 Å². The van der Waals surface area contributed by atoms with Crippen molar-refractivity contribution in [1.82, 2.24) is 0 Å². The minimum Gasteiger partial charge on any atom is -0.207 e. The zero-order valence-electron chi connectivity index (χ0n) is 9.80. The molecule has 0 unspecified atom stereocenters. The highest BCUT2D eigenvalue weighted by Crippen LogP contribution is 2.39. The SMILES string of the molecule is N#Cc1cccc(C(F)(F)F)c1-c1cc(F)cc(F)c1. The van der Waals surface area contributed by atoms with Gasteiger partial charge in [-0.25, -0.2) is 8.78 Å². The monoisotopic (exact) mass is 283 g/mol. The summed E-state index contributed by atoms with van der Waals surface area (Å²) < 4.78 is 65.2. The van der Waals surface area contributed by atoms with Crippen molar-refractivity contribution in [3.63, 3.8) is 0 Å². The second-order valence-electron chi connectivity index (χ2n) is 4.00. The van der Waals surface area contributed by atoms with Crippen LogP contribution in [0.1, 0.15) is 11.1 Å². The first-order valence-corrected chi connectivity index (χ1v) is 5.39. The van der Waals surface area contributed by atoms with Crippen LogP contribution in [-0.4, -0.2) is 0 Å². The normalized spacial score (nSPS) is 11.2. The zero-order chi connectivity index (χ0) is 14.9. The maximum Gasteiger partial charge on any atom is 0.417 e. The maximum atomic E-state index is 13.2. The van der Waals surface area contributed by atoms with Crippen LogP contribution in [0.3, 0.4) is 0 Å². The lowest BCUT2D eigenvalue weighted by molar-refractivity contribution is -0.137. The number of rotatable bonds is 1. The molecule has 0 heterocycles. The molecule has 0 saturated heterocycles. The molecule has 2 aromatic rings. The van der Waals surface area contributed by atoms with Crippen molar-refractivity contribution in [3.05, 3.63) is 59.2 Å². The molecule has 2 rings (SSSR count). The number of nitrogens with zero attached hydrogens (tertiary/aromatic N) is 1. The summed E-state index contributed by atoms with van der Waals surface area (Å²) in [5, 5.41) is 8.90. The average molecular weight is 283 g/mol. The van der Waals surface area contributed by atoms with Gasteiger partial charge in [-0.1, -0.05) is 6.07 Å². The van der Waals surface area contributed by atoms with E-state index in [0.717, 1.165) is 30.3 Å². The van der Waals surface area contributed by atoms with Crippen LogP contribution < -0.4 is 0 Å². The lowest BCUT2D eigenvalue weighted by atomic mass is 9.94.